The molecule has 0 spiro atoms. The second-order valence-corrected chi connectivity index (χ2v) is 4.58. The van der Waals surface area contributed by atoms with E-state index in [1.165, 1.54) is 22.0 Å². The summed E-state index contributed by atoms with van der Waals surface area (Å²) in [6, 6.07) is 0. The van der Waals surface area contributed by atoms with Crippen molar-refractivity contribution in [3.05, 3.63) is 21.7 Å². The number of hydrogen-bond donors (Lipinski definition) is 0. The molecule has 13 heavy (non-hydrogen) atoms. The number of rotatable bonds is 0. The second-order valence-electron chi connectivity index (χ2n) is 3.35. The Kier molecular flexibility index (Phi) is 2.24. The van der Waals surface area contributed by atoms with Crippen molar-refractivity contribution < 1.29 is 0 Å². The number of thiazole rings is 1. The maximum atomic E-state index is 4.46. The quantitative estimate of drug-likeness (QED) is 0.613. The lowest BCUT2D eigenvalue weighted by Gasteiger charge is -1.99. The minimum absolute atomic E-state index is 0.848. The van der Waals surface area contributed by atoms with Crippen LogP contribution in [-0.2, 0) is 0 Å². The van der Waals surface area contributed by atoms with E-state index in [1.54, 1.807) is 0 Å². The van der Waals surface area contributed by atoms with Gasteiger partial charge in [-0.15, -0.1) is 11.3 Å². The van der Waals surface area contributed by atoms with E-state index in [9.17, 15) is 0 Å². The van der Waals surface area contributed by atoms with Crippen LogP contribution in [0.3, 0.4) is 0 Å². The Bertz CT molecular complexity index is 338. The Morgan fingerprint density at radius 2 is 2.23 bits per heavy atom. The molecule has 2 atom stereocenters. The fourth-order valence-electron chi connectivity index (χ4n) is 1.79. The van der Waals surface area contributed by atoms with Gasteiger partial charge in [0.2, 0.25) is 0 Å². The number of aromatic nitrogens is 1. The van der Waals surface area contributed by atoms with Gasteiger partial charge >= 0.3 is 0 Å². The van der Waals surface area contributed by atoms with Crippen LogP contribution >= 0.6 is 11.3 Å². The zero-order valence-corrected chi connectivity index (χ0v) is 9.19. The molecule has 1 fully saturated rings. The van der Waals surface area contributed by atoms with Crippen molar-refractivity contribution in [1.29, 1.82) is 0 Å². The smallest absolute Gasteiger partial charge is 0.0904 e. The third-order valence-electron chi connectivity index (χ3n) is 2.47. The normalized spacial score (nSPS) is 27.0. The minimum Gasteiger partial charge on any atom is -0.242 e. The van der Waals surface area contributed by atoms with Gasteiger partial charge in [0.1, 0.15) is 0 Å². The molecular weight excluding hydrogens is 178 g/mol. The summed E-state index contributed by atoms with van der Waals surface area (Å²) in [6.45, 7) is 6.09. The summed E-state index contributed by atoms with van der Waals surface area (Å²) in [4.78, 5) is 6.00. The first-order valence-corrected chi connectivity index (χ1v) is 5.82. The zero-order valence-electron chi connectivity index (χ0n) is 8.37. The maximum Gasteiger partial charge on any atom is 0.0904 e. The molecule has 1 nitrogen and oxygen atoms in total. The van der Waals surface area contributed by atoms with E-state index in [0.717, 1.165) is 11.8 Å². The van der Waals surface area contributed by atoms with E-state index in [-0.39, 0.29) is 0 Å². The van der Waals surface area contributed by atoms with Crippen LogP contribution in [0.15, 0.2) is 6.08 Å². The van der Waals surface area contributed by atoms with Gasteiger partial charge in [-0.3, -0.25) is 0 Å². The van der Waals surface area contributed by atoms with Gasteiger partial charge in [0.25, 0.3) is 0 Å². The van der Waals surface area contributed by atoms with Crippen LogP contribution < -0.4 is 0 Å². The van der Waals surface area contributed by atoms with E-state index in [1.807, 2.05) is 25.2 Å². The number of aryl methyl sites for hydroxylation is 1. The van der Waals surface area contributed by atoms with E-state index >= 15 is 0 Å². The van der Waals surface area contributed by atoms with Gasteiger partial charge < -0.3 is 0 Å². The Labute approximate surface area is 83.5 Å². The predicted octanol–water partition coefficient (Wildman–Crippen LogP) is 3.61. The molecule has 0 radical (unpaired) electrons. The molecule has 2 unspecified atom stereocenters. The minimum atomic E-state index is 0.848. The van der Waals surface area contributed by atoms with Gasteiger partial charge in [-0.25, -0.2) is 4.98 Å². The molecule has 70 valence electrons. The summed E-state index contributed by atoms with van der Waals surface area (Å²) in [5, 5.41) is 1.22. The average molecular weight is 193 g/mol. The fourth-order valence-corrected chi connectivity index (χ4v) is 2.89. The van der Waals surface area contributed by atoms with E-state index < -0.39 is 0 Å². The van der Waals surface area contributed by atoms with Crippen molar-refractivity contribution in [2.75, 3.05) is 0 Å². The summed E-state index contributed by atoms with van der Waals surface area (Å²) < 4.78 is 0. The SMILES string of the molecule is CC.Cc1nc2c(s1)C1CC1C=C2. The number of nitrogens with zero attached hydrogens (tertiary/aromatic N) is 1. The topological polar surface area (TPSA) is 12.9 Å². The van der Waals surface area contributed by atoms with Crippen LogP contribution in [0, 0.1) is 12.8 Å². The molecule has 1 heterocycles. The molecule has 1 aromatic rings. The molecule has 0 saturated heterocycles. The summed E-state index contributed by atoms with van der Waals surface area (Å²) >= 11 is 1.88. The Hall–Kier alpha value is -0.630. The van der Waals surface area contributed by atoms with Crippen molar-refractivity contribution in [2.45, 2.75) is 33.1 Å². The third-order valence-corrected chi connectivity index (χ3v) is 3.58. The average Bonchev–Trinajstić information content (AvgIpc) is 2.85. The molecule has 0 N–H and O–H groups in total. The zero-order chi connectivity index (χ0) is 9.42. The number of fused-ring (bicyclic) bond motifs is 3. The maximum absolute atomic E-state index is 4.46. The Balaban J connectivity index is 0.000000308. The van der Waals surface area contributed by atoms with Crippen molar-refractivity contribution in [3.63, 3.8) is 0 Å². The first-order valence-electron chi connectivity index (χ1n) is 5.00. The summed E-state index contributed by atoms with van der Waals surface area (Å²) in [6.07, 6.45) is 5.87. The summed E-state index contributed by atoms with van der Waals surface area (Å²) in [5.74, 6) is 1.71. The molecule has 1 saturated carbocycles. The van der Waals surface area contributed by atoms with Crippen molar-refractivity contribution in [1.82, 2.24) is 4.98 Å². The first-order chi connectivity index (χ1) is 6.34. The molecule has 3 rings (SSSR count). The molecule has 2 aliphatic carbocycles. The van der Waals surface area contributed by atoms with E-state index in [4.69, 9.17) is 0 Å². The largest absolute Gasteiger partial charge is 0.242 e. The third kappa shape index (κ3) is 1.44. The summed E-state index contributed by atoms with van der Waals surface area (Å²) in [7, 11) is 0. The van der Waals surface area contributed by atoms with Gasteiger partial charge in [-0.1, -0.05) is 19.9 Å². The highest BCUT2D eigenvalue weighted by molar-refractivity contribution is 7.11. The number of allylic oxidation sites excluding steroid dienone is 1. The molecular formula is C11H15NS. The molecule has 2 aliphatic rings. The highest BCUT2D eigenvalue weighted by atomic mass is 32.1. The predicted molar refractivity (Wildman–Crippen MR) is 58.1 cm³/mol. The second kappa shape index (κ2) is 3.26. The van der Waals surface area contributed by atoms with Gasteiger partial charge in [0, 0.05) is 10.8 Å². The van der Waals surface area contributed by atoms with Crippen LogP contribution in [0.2, 0.25) is 0 Å². The van der Waals surface area contributed by atoms with Crippen LogP contribution in [0.4, 0.5) is 0 Å². The van der Waals surface area contributed by atoms with Crippen molar-refractivity contribution in [3.8, 4) is 0 Å². The van der Waals surface area contributed by atoms with Crippen molar-refractivity contribution in [2.24, 2.45) is 5.92 Å². The van der Waals surface area contributed by atoms with Crippen LogP contribution in [-0.4, -0.2) is 4.98 Å². The molecule has 0 amide bonds. The van der Waals surface area contributed by atoms with Crippen LogP contribution in [0.5, 0.6) is 0 Å². The highest BCUT2D eigenvalue weighted by Gasteiger charge is 2.41. The lowest BCUT2D eigenvalue weighted by atomic mass is 10.1. The molecule has 2 heteroatoms. The van der Waals surface area contributed by atoms with E-state index in [0.29, 0.717) is 0 Å². The summed E-state index contributed by atoms with van der Waals surface area (Å²) in [5.41, 5.74) is 1.24. The lowest BCUT2D eigenvalue weighted by Crippen LogP contribution is -1.86. The van der Waals surface area contributed by atoms with Crippen molar-refractivity contribution >= 4 is 17.4 Å². The molecule has 0 aliphatic heterocycles. The number of hydrogen-bond acceptors (Lipinski definition) is 2. The molecule has 0 bridgehead atoms. The van der Waals surface area contributed by atoms with Crippen LogP contribution in [0.1, 0.15) is 41.8 Å². The molecule has 0 aromatic carbocycles. The standard InChI is InChI=1S/C9H9NS.C2H6/c1-5-10-8-3-2-6-4-7(6)9(8)11-5;1-2/h2-3,6-7H,4H2,1H3;1-2H3. The first kappa shape index (κ1) is 8.95. The van der Waals surface area contributed by atoms with Crippen LogP contribution in [0.25, 0.3) is 6.08 Å². The van der Waals surface area contributed by atoms with Gasteiger partial charge in [0.15, 0.2) is 0 Å². The lowest BCUT2D eigenvalue weighted by molar-refractivity contribution is 1.01. The Morgan fingerprint density at radius 1 is 1.46 bits per heavy atom. The monoisotopic (exact) mass is 193 g/mol. The van der Waals surface area contributed by atoms with Gasteiger partial charge in [-0.05, 0) is 25.3 Å². The van der Waals surface area contributed by atoms with Gasteiger partial charge in [-0.2, -0.15) is 0 Å². The molecule has 1 aromatic heterocycles. The Morgan fingerprint density at radius 3 is 3.00 bits per heavy atom. The highest BCUT2D eigenvalue weighted by Crippen LogP contribution is 2.54. The fraction of sp³-hybridized carbons (Fsp3) is 0.545. The van der Waals surface area contributed by atoms with Gasteiger partial charge in [0.05, 0.1) is 10.7 Å². The van der Waals surface area contributed by atoms with E-state index in [2.05, 4.69) is 24.1 Å².